The minimum Gasteiger partial charge on any atom is -0.481 e. The Morgan fingerprint density at radius 1 is 1.08 bits per heavy atom. The number of hydrogen-bond donors (Lipinski definition) is 2. The SMILES string of the molecule is O=C(O)Cc1csc(NC(=O)N(C2CCCCC2)C2CCCCC2)n1. The molecule has 0 aromatic carbocycles. The smallest absolute Gasteiger partial charge is 0.324 e. The van der Waals surface area contributed by atoms with Gasteiger partial charge in [0.25, 0.3) is 0 Å². The highest BCUT2D eigenvalue weighted by Gasteiger charge is 2.32. The van der Waals surface area contributed by atoms with Gasteiger partial charge in [-0.3, -0.25) is 10.1 Å². The Kier molecular flexibility index (Phi) is 6.29. The second-order valence-electron chi connectivity index (χ2n) is 7.14. The summed E-state index contributed by atoms with van der Waals surface area (Å²) >= 11 is 1.30. The lowest BCUT2D eigenvalue weighted by molar-refractivity contribution is -0.136. The Morgan fingerprint density at radius 2 is 1.64 bits per heavy atom. The summed E-state index contributed by atoms with van der Waals surface area (Å²) < 4.78 is 0. The van der Waals surface area contributed by atoms with E-state index in [0.717, 1.165) is 25.7 Å². The molecule has 0 radical (unpaired) electrons. The largest absolute Gasteiger partial charge is 0.481 e. The number of carbonyl (C=O) groups is 2. The van der Waals surface area contributed by atoms with Crippen molar-refractivity contribution in [2.45, 2.75) is 82.7 Å². The first kappa shape index (κ1) is 18.2. The summed E-state index contributed by atoms with van der Waals surface area (Å²) in [5, 5.41) is 14.0. The van der Waals surface area contributed by atoms with Crippen molar-refractivity contribution >= 4 is 28.5 Å². The Balaban J connectivity index is 1.69. The molecule has 6 nitrogen and oxygen atoms in total. The van der Waals surface area contributed by atoms with Gasteiger partial charge in [0.2, 0.25) is 0 Å². The molecule has 1 heterocycles. The lowest BCUT2D eigenvalue weighted by Crippen LogP contribution is -2.50. The molecule has 2 aliphatic rings. The molecule has 1 aromatic rings. The van der Waals surface area contributed by atoms with Crippen molar-refractivity contribution in [1.82, 2.24) is 9.88 Å². The van der Waals surface area contributed by atoms with E-state index in [1.807, 2.05) is 0 Å². The van der Waals surface area contributed by atoms with Crippen LogP contribution in [0.25, 0.3) is 0 Å². The molecule has 0 saturated heterocycles. The number of carbonyl (C=O) groups excluding carboxylic acids is 1. The van der Waals surface area contributed by atoms with E-state index in [1.165, 1.54) is 49.9 Å². The molecule has 2 saturated carbocycles. The van der Waals surface area contributed by atoms with Crippen molar-refractivity contribution in [1.29, 1.82) is 0 Å². The number of aromatic nitrogens is 1. The van der Waals surface area contributed by atoms with Gasteiger partial charge in [0.1, 0.15) is 0 Å². The molecule has 2 amide bonds. The number of urea groups is 1. The summed E-state index contributed by atoms with van der Waals surface area (Å²) in [6.45, 7) is 0. The van der Waals surface area contributed by atoms with E-state index in [0.29, 0.717) is 22.9 Å². The third-order valence-corrected chi connectivity index (χ3v) is 6.08. The van der Waals surface area contributed by atoms with Crippen LogP contribution in [-0.4, -0.2) is 39.1 Å². The topological polar surface area (TPSA) is 82.5 Å². The molecule has 0 unspecified atom stereocenters. The van der Waals surface area contributed by atoms with E-state index in [-0.39, 0.29) is 12.5 Å². The van der Waals surface area contributed by atoms with Crippen LogP contribution in [0.4, 0.5) is 9.93 Å². The van der Waals surface area contributed by atoms with Gasteiger partial charge in [-0.1, -0.05) is 38.5 Å². The predicted octanol–water partition coefficient (Wildman–Crippen LogP) is 4.27. The molecule has 2 N–H and O–H groups in total. The van der Waals surface area contributed by atoms with Crippen LogP contribution in [0.5, 0.6) is 0 Å². The number of rotatable bonds is 5. The number of carboxylic acids is 1. The third-order valence-electron chi connectivity index (χ3n) is 5.27. The van der Waals surface area contributed by atoms with Gasteiger partial charge in [-0.2, -0.15) is 0 Å². The van der Waals surface area contributed by atoms with Crippen LogP contribution in [0.15, 0.2) is 5.38 Å². The minimum atomic E-state index is -0.908. The van der Waals surface area contributed by atoms with Crippen LogP contribution in [-0.2, 0) is 11.2 Å². The fraction of sp³-hybridized carbons (Fsp3) is 0.722. The summed E-state index contributed by atoms with van der Waals surface area (Å²) in [7, 11) is 0. The van der Waals surface area contributed by atoms with Gasteiger partial charge in [-0.05, 0) is 25.7 Å². The molecule has 0 spiro atoms. The number of carboxylic acid groups (broad SMARTS) is 1. The summed E-state index contributed by atoms with van der Waals surface area (Å²) in [5.41, 5.74) is 0.495. The minimum absolute atomic E-state index is 0.0602. The second-order valence-corrected chi connectivity index (χ2v) is 7.99. The molecule has 1 aromatic heterocycles. The van der Waals surface area contributed by atoms with Gasteiger partial charge in [0.15, 0.2) is 5.13 Å². The van der Waals surface area contributed by atoms with Crippen molar-refractivity contribution in [3.05, 3.63) is 11.1 Å². The van der Waals surface area contributed by atoms with E-state index in [4.69, 9.17) is 5.11 Å². The number of nitrogens with one attached hydrogen (secondary N) is 1. The Bertz CT molecular complexity index is 574. The zero-order valence-electron chi connectivity index (χ0n) is 14.6. The van der Waals surface area contributed by atoms with Gasteiger partial charge in [0.05, 0.1) is 12.1 Å². The van der Waals surface area contributed by atoms with Gasteiger partial charge < -0.3 is 10.0 Å². The van der Waals surface area contributed by atoms with Gasteiger partial charge in [-0.15, -0.1) is 11.3 Å². The second kappa shape index (κ2) is 8.65. The van der Waals surface area contributed by atoms with Gasteiger partial charge in [-0.25, -0.2) is 9.78 Å². The van der Waals surface area contributed by atoms with Crippen LogP contribution in [0.3, 0.4) is 0 Å². The highest BCUT2D eigenvalue weighted by molar-refractivity contribution is 7.13. The van der Waals surface area contributed by atoms with Crippen molar-refractivity contribution in [3.8, 4) is 0 Å². The highest BCUT2D eigenvalue weighted by Crippen LogP contribution is 2.31. The number of nitrogens with zero attached hydrogens (tertiary/aromatic N) is 2. The molecule has 3 rings (SSSR count). The number of anilines is 1. The van der Waals surface area contributed by atoms with Crippen molar-refractivity contribution in [3.63, 3.8) is 0 Å². The van der Waals surface area contributed by atoms with Crippen LogP contribution in [0.2, 0.25) is 0 Å². The van der Waals surface area contributed by atoms with E-state index in [1.54, 1.807) is 5.38 Å². The first-order valence-corrected chi connectivity index (χ1v) is 10.3. The fourth-order valence-corrected chi connectivity index (χ4v) is 4.80. The lowest BCUT2D eigenvalue weighted by atomic mass is 9.89. The molecule has 2 fully saturated rings. The Hall–Kier alpha value is -1.63. The molecule has 0 bridgehead atoms. The number of thiazole rings is 1. The number of amides is 2. The first-order chi connectivity index (χ1) is 12.1. The van der Waals surface area contributed by atoms with E-state index in [9.17, 15) is 9.59 Å². The molecular weight excluding hydrogens is 338 g/mol. The summed E-state index contributed by atoms with van der Waals surface area (Å²) in [4.78, 5) is 30.1. The van der Waals surface area contributed by atoms with Crippen LogP contribution >= 0.6 is 11.3 Å². The molecule has 0 atom stereocenters. The van der Waals surface area contributed by atoms with Gasteiger partial charge >= 0.3 is 12.0 Å². The average Bonchev–Trinajstić information content (AvgIpc) is 3.03. The maximum absolute atomic E-state index is 13.0. The van der Waals surface area contributed by atoms with Crippen molar-refractivity contribution in [2.24, 2.45) is 0 Å². The predicted molar refractivity (Wildman–Crippen MR) is 98.1 cm³/mol. The zero-order chi connectivity index (χ0) is 17.6. The highest BCUT2D eigenvalue weighted by atomic mass is 32.1. The van der Waals surface area contributed by atoms with Crippen LogP contribution < -0.4 is 5.32 Å². The van der Waals surface area contributed by atoms with Crippen LogP contribution in [0, 0.1) is 0 Å². The molecule has 2 aliphatic carbocycles. The first-order valence-electron chi connectivity index (χ1n) is 9.39. The quantitative estimate of drug-likeness (QED) is 0.816. The van der Waals surface area contributed by atoms with E-state index >= 15 is 0 Å². The van der Waals surface area contributed by atoms with Gasteiger partial charge in [0, 0.05) is 17.5 Å². The maximum atomic E-state index is 13.0. The van der Waals surface area contributed by atoms with Crippen molar-refractivity contribution < 1.29 is 14.7 Å². The number of aliphatic carboxylic acids is 1. The Morgan fingerprint density at radius 3 is 2.16 bits per heavy atom. The third kappa shape index (κ3) is 4.93. The lowest BCUT2D eigenvalue weighted by Gasteiger charge is -2.41. The maximum Gasteiger partial charge on any atom is 0.324 e. The number of hydrogen-bond acceptors (Lipinski definition) is 4. The summed E-state index contributed by atoms with van der Waals surface area (Å²) in [5.74, 6) is -0.908. The van der Waals surface area contributed by atoms with Crippen LogP contribution in [0.1, 0.15) is 69.9 Å². The Labute approximate surface area is 152 Å². The summed E-state index contributed by atoms with van der Waals surface area (Å²) in [6, 6.07) is 0.598. The van der Waals surface area contributed by atoms with E-state index in [2.05, 4.69) is 15.2 Å². The zero-order valence-corrected chi connectivity index (χ0v) is 15.4. The monoisotopic (exact) mass is 365 g/mol. The molecule has 7 heteroatoms. The normalized spacial score (nSPS) is 19.5. The standard InChI is InChI=1S/C18H27N3O3S/c22-16(23)11-13-12-25-17(19-13)20-18(24)21(14-7-3-1-4-8-14)15-9-5-2-6-10-15/h12,14-15H,1-11H2,(H,22,23)(H,19,20,24). The van der Waals surface area contributed by atoms with Crippen molar-refractivity contribution in [2.75, 3.05) is 5.32 Å². The fourth-order valence-electron chi connectivity index (χ4n) is 4.10. The molecule has 0 aliphatic heterocycles. The van der Waals surface area contributed by atoms with E-state index < -0.39 is 5.97 Å². The summed E-state index contributed by atoms with van der Waals surface area (Å²) in [6.07, 6.45) is 11.6. The molecule has 138 valence electrons. The molecule has 25 heavy (non-hydrogen) atoms. The molecular formula is C18H27N3O3S. The average molecular weight is 365 g/mol.